The molecule has 0 aliphatic carbocycles. The van der Waals surface area contributed by atoms with Gasteiger partial charge in [0.1, 0.15) is 12.4 Å². The van der Waals surface area contributed by atoms with Crippen LogP contribution in [0.1, 0.15) is 28.3 Å². The fourth-order valence-corrected chi connectivity index (χ4v) is 2.28. The molecule has 0 amide bonds. The Bertz CT molecular complexity index is 576. The molecule has 0 spiro atoms. The molecule has 1 atom stereocenters. The van der Waals surface area contributed by atoms with Gasteiger partial charge in [0.2, 0.25) is 0 Å². The topological polar surface area (TPSA) is 35.2 Å². The zero-order valence-electron chi connectivity index (χ0n) is 12.1. The molecule has 0 heterocycles. The van der Waals surface area contributed by atoms with E-state index in [1.54, 1.807) is 12.1 Å². The molecule has 0 aliphatic heterocycles. The van der Waals surface area contributed by atoms with Gasteiger partial charge in [0.05, 0.1) is 6.04 Å². The molecular weight excluding hydrogens is 272 g/mol. The van der Waals surface area contributed by atoms with E-state index in [9.17, 15) is 8.78 Å². The van der Waals surface area contributed by atoms with Crippen LogP contribution in [0.2, 0.25) is 0 Å². The van der Waals surface area contributed by atoms with Gasteiger partial charge in [-0.05, 0) is 36.1 Å². The predicted octanol–water partition coefficient (Wildman–Crippen LogP) is 4.15. The molecule has 2 aromatic rings. The molecule has 0 saturated heterocycles. The van der Waals surface area contributed by atoms with Gasteiger partial charge in [0.15, 0.2) is 0 Å². The third kappa shape index (κ3) is 3.79. The maximum Gasteiger partial charge on any atom is 0.257 e. The van der Waals surface area contributed by atoms with E-state index < -0.39 is 12.5 Å². The lowest BCUT2D eigenvalue weighted by Crippen LogP contribution is -2.19. The smallest absolute Gasteiger partial charge is 0.257 e. The third-order valence-corrected chi connectivity index (χ3v) is 3.37. The second-order valence-electron chi connectivity index (χ2n) is 5.12. The summed E-state index contributed by atoms with van der Waals surface area (Å²) in [6.45, 7) is 4.13. The fraction of sp³-hybridized carbons (Fsp3) is 0.294. The predicted molar refractivity (Wildman–Crippen MR) is 79.6 cm³/mol. The summed E-state index contributed by atoms with van der Waals surface area (Å²) in [5.41, 5.74) is 8.63. The summed E-state index contributed by atoms with van der Waals surface area (Å²) < 4.78 is 31.2. The van der Waals surface area contributed by atoms with E-state index in [2.05, 4.69) is 0 Å². The van der Waals surface area contributed by atoms with Crippen molar-refractivity contribution in [1.82, 2.24) is 0 Å². The number of hydrogen-bond donors (Lipinski definition) is 1. The number of benzene rings is 2. The molecule has 0 aromatic heterocycles. The van der Waals surface area contributed by atoms with E-state index in [0.29, 0.717) is 12.2 Å². The van der Waals surface area contributed by atoms with Crippen LogP contribution in [0.15, 0.2) is 42.5 Å². The Morgan fingerprint density at radius 2 is 1.62 bits per heavy atom. The van der Waals surface area contributed by atoms with Crippen LogP contribution in [-0.4, -0.2) is 6.43 Å². The van der Waals surface area contributed by atoms with Gasteiger partial charge < -0.3 is 10.5 Å². The van der Waals surface area contributed by atoms with Crippen molar-refractivity contribution in [1.29, 1.82) is 0 Å². The molecule has 21 heavy (non-hydrogen) atoms. The van der Waals surface area contributed by atoms with Gasteiger partial charge in [0.25, 0.3) is 6.43 Å². The lowest BCUT2D eigenvalue weighted by molar-refractivity contribution is 0.116. The highest BCUT2D eigenvalue weighted by Gasteiger charge is 2.19. The molecule has 2 N–H and O–H groups in total. The zero-order valence-corrected chi connectivity index (χ0v) is 12.1. The molecule has 4 heteroatoms. The van der Waals surface area contributed by atoms with Crippen molar-refractivity contribution in [2.45, 2.75) is 32.9 Å². The van der Waals surface area contributed by atoms with E-state index in [-0.39, 0.29) is 0 Å². The largest absolute Gasteiger partial charge is 0.488 e. The third-order valence-electron chi connectivity index (χ3n) is 3.37. The summed E-state index contributed by atoms with van der Waals surface area (Å²) in [6.07, 6.45) is -2.57. The summed E-state index contributed by atoms with van der Waals surface area (Å²) in [5, 5.41) is 0. The second-order valence-corrected chi connectivity index (χ2v) is 5.12. The lowest BCUT2D eigenvalue weighted by Gasteiger charge is -2.17. The first-order valence-electron chi connectivity index (χ1n) is 6.80. The Balaban J connectivity index is 2.17. The molecule has 0 fully saturated rings. The number of aryl methyl sites for hydroxylation is 2. The number of hydrogen-bond acceptors (Lipinski definition) is 2. The van der Waals surface area contributed by atoms with Crippen molar-refractivity contribution in [3.63, 3.8) is 0 Å². The average Bonchev–Trinajstić information content (AvgIpc) is 2.46. The Morgan fingerprint density at radius 3 is 2.14 bits per heavy atom. The summed E-state index contributed by atoms with van der Waals surface area (Å²) in [5.74, 6) is 0.726. The maximum absolute atomic E-state index is 12.7. The van der Waals surface area contributed by atoms with Crippen molar-refractivity contribution < 1.29 is 13.5 Å². The Labute approximate surface area is 123 Å². The van der Waals surface area contributed by atoms with Gasteiger partial charge in [-0.2, -0.15) is 0 Å². The monoisotopic (exact) mass is 291 g/mol. The Kier molecular flexibility index (Phi) is 4.91. The highest BCUT2D eigenvalue weighted by Crippen LogP contribution is 2.29. The van der Waals surface area contributed by atoms with Crippen molar-refractivity contribution in [2.75, 3.05) is 0 Å². The van der Waals surface area contributed by atoms with Gasteiger partial charge in [0, 0.05) is 0 Å². The van der Waals surface area contributed by atoms with E-state index in [4.69, 9.17) is 10.5 Å². The zero-order chi connectivity index (χ0) is 15.4. The summed E-state index contributed by atoms with van der Waals surface area (Å²) in [4.78, 5) is 0. The van der Waals surface area contributed by atoms with Crippen LogP contribution in [0.4, 0.5) is 8.78 Å². The minimum Gasteiger partial charge on any atom is -0.488 e. The molecule has 0 unspecified atom stereocenters. The Morgan fingerprint density at radius 1 is 1.05 bits per heavy atom. The van der Waals surface area contributed by atoms with Gasteiger partial charge in [-0.25, -0.2) is 8.78 Å². The number of ether oxygens (including phenoxy) is 1. The molecule has 2 rings (SSSR count). The fourth-order valence-electron chi connectivity index (χ4n) is 2.28. The minimum atomic E-state index is -2.57. The molecule has 0 radical (unpaired) electrons. The average molecular weight is 291 g/mol. The van der Waals surface area contributed by atoms with E-state index >= 15 is 0 Å². The van der Waals surface area contributed by atoms with Gasteiger partial charge >= 0.3 is 0 Å². The number of alkyl halides is 2. The molecule has 0 bridgehead atoms. The van der Waals surface area contributed by atoms with E-state index in [1.165, 1.54) is 0 Å². The molecule has 0 saturated carbocycles. The van der Waals surface area contributed by atoms with Crippen molar-refractivity contribution in [3.05, 3.63) is 64.7 Å². The molecular formula is C17H19F2NO. The first-order chi connectivity index (χ1) is 9.99. The molecule has 2 nitrogen and oxygen atoms in total. The van der Waals surface area contributed by atoms with Crippen molar-refractivity contribution in [2.24, 2.45) is 5.73 Å². The van der Waals surface area contributed by atoms with Crippen LogP contribution in [0, 0.1) is 13.8 Å². The number of nitrogens with two attached hydrogens (primary N) is 1. The van der Waals surface area contributed by atoms with Crippen LogP contribution in [0.3, 0.4) is 0 Å². The Hall–Kier alpha value is -1.94. The van der Waals surface area contributed by atoms with Crippen molar-refractivity contribution in [3.8, 4) is 5.75 Å². The van der Waals surface area contributed by atoms with Gasteiger partial charge in [-0.1, -0.05) is 42.5 Å². The quantitative estimate of drug-likeness (QED) is 0.898. The SMILES string of the molecule is Cc1cc([C@H](N)C(F)F)cc(C)c1OCc1ccccc1. The normalized spacial score (nSPS) is 12.5. The summed E-state index contributed by atoms with van der Waals surface area (Å²) >= 11 is 0. The first kappa shape index (κ1) is 15.4. The van der Waals surface area contributed by atoms with Gasteiger partial charge in [-0.15, -0.1) is 0 Å². The highest BCUT2D eigenvalue weighted by molar-refractivity contribution is 5.44. The van der Waals surface area contributed by atoms with Gasteiger partial charge in [-0.3, -0.25) is 0 Å². The highest BCUT2D eigenvalue weighted by atomic mass is 19.3. The van der Waals surface area contributed by atoms with Crippen molar-refractivity contribution >= 4 is 0 Å². The van der Waals surface area contributed by atoms with E-state index in [0.717, 1.165) is 22.4 Å². The number of rotatable bonds is 5. The number of halogens is 2. The van der Waals surface area contributed by atoms with E-state index in [1.807, 2.05) is 44.2 Å². The van der Waals surface area contributed by atoms with Crippen LogP contribution in [0.25, 0.3) is 0 Å². The van der Waals surface area contributed by atoms with Crippen LogP contribution in [-0.2, 0) is 6.61 Å². The summed E-state index contributed by atoms with van der Waals surface area (Å²) in [7, 11) is 0. The molecule has 0 aliphatic rings. The second kappa shape index (κ2) is 6.68. The lowest BCUT2D eigenvalue weighted by atomic mass is 10.0. The first-order valence-corrected chi connectivity index (χ1v) is 6.80. The van der Waals surface area contributed by atoms with Crippen LogP contribution >= 0.6 is 0 Å². The molecule has 112 valence electrons. The molecule has 2 aromatic carbocycles. The maximum atomic E-state index is 12.7. The van der Waals surface area contributed by atoms with Crippen LogP contribution in [0.5, 0.6) is 5.75 Å². The van der Waals surface area contributed by atoms with Crippen LogP contribution < -0.4 is 10.5 Å². The minimum absolute atomic E-state index is 0.437. The standard InChI is InChI=1S/C17H19F2NO/c1-11-8-14(15(20)17(18)19)9-12(2)16(11)21-10-13-6-4-3-5-7-13/h3-9,15,17H,10,20H2,1-2H3/t15-/m0/s1. The summed E-state index contributed by atoms with van der Waals surface area (Å²) in [6, 6.07) is 11.9.